The average Bonchev–Trinajstić information content (AvgIpc) is 2.39. The van der Waals surface area contributed by atoms with Gasteiger partial charge in [0.2, 0.25) is 5.91 Å². The summed E-state index contributed by atoms with van der Waals surface area (Å²) in [6.45, 7) is 4.20. The summed E-state index contributed by atoms with van der Waals surface area (Å²) in [6, 6.07) is 4.57. The number of rotatable bonds is 1. The van der Waals surface area contributed by atoms with Crippen LogP contribution in [0.15, 0.2) is 22.7 Å². The van der Waals surface area contributed by atoms with E-state index in [2.05, 4.69) is 15.9 Å². The van der Waals surface area contributed by atoms with E-state index in [4.69, 9.17) is 0 Å². The summed E-state index contributed by atoms with van der Waals surface area (Å²) in [5.41, 5.74) is -0.997. The van der Waals surface area contributed by atoms with E-state index in [0.717, 1.165) is 0 Å². The minimum Gasteiger partial charge on any atom is -0.342 e. The number of amides is 2. The van der Waals surface area contributed by atoms with Gasteiger partial charge in [-0.05, 0) is 41.9 Å². The molecule has 1 saturated heterocycles. The zero-order valence-electron chi connectivity index (χ0n) is 11.6. The summed E-state index contributed by atoms with van der Waals surface area (Å²) in [5.74, 6) is -1.21. The number of carbonyl (C=O) groups is 2. The molecule has 1 aromatic carbocycles. The van der Waals surface area contributed by atoms with E-state index < -0.39 is 17.3 Å². The van der Waals surface area contributed by atoms with Gasteiger partial charge >= 0.3 is 0 Å². The summed E-state index contributed by atoms with van der Waals surface area (Å²) in [5, 5.41) is 0. The molecule has 1 aliphatic heterocycles. The topological polar surface area (TPSA) is 40.6 Å². The van der Waals surface area contributed by atoms with Gasteiger partial charge < -0.3 is 9.80 Å². The molecule has 1 heterocycles. The van der Waals surface area contributed by atoms with Crippen molar-refractivity contribution < 1.29 is 14.0 Å². The minimum absolute atomic E-state index is 0.0233. The lowest BCUT2D eigenvalue weighted by molar-refractivity contribution is -0.144. The number of hydrogen-bond acceptors (Lipinski definition) is 2. The molecule has 20 heavy (non-hydrogen) atoms. The van der Waals surface area contributed by atoms with Crippen molar-refractivity contribution in [3.8, 4) is 0 Å². The Labute approximate surface area is 125 Å². The SMILES string of the molecule is CN1CCN(C(=O)c2cccc(Br)c2F)C(C)(C)C1=O. The summed E-state index contributed by atoms with van der Waals surface area (Å²) in [6.07, 6.45) is 0. The molecular weight excluding hydrogens is 327 g/mol. The first-order valence-corrected chi connectivity index (χ1v) is 7.07. The van der Waals surface area contributed by atoms with Gasteiger partial charge in [0.05, 0.1) is 10.0 Å². The highest BCUT2D eigenvalue weighted by Crippen LogP contribution is 2.26. The van der Waals surface area contributed by atoms with Gasteiger partial charge in [-0.25, -0.2) is 4.39 Å². The maximum atomic E-state index is 14.0. The van der Waals surface area contributed by atoms with Gasteiger partial charge in [-0.1, -0.05) is 6.07 Å². The number of halogens is 2. The third-order valence-corrected chi connectivity index (χ3v) is 4.24. The monoisotopic (exact) mass is 342 g/mol. The molecule has 4 nitrogen and oxygen atoms in total. The Balaban J connectivity index is 2.38. The highest BCUT2D eigenvalue weighted by Gasteiger charge is 2.43. The number of likely N-dealkylation sites (N-methyl/N-ethyl adjacent to an activating group) is 1. The molecule has 1 fully saturated rings. The van der Waals surface area contributed by atoms with E-state index in [-0.39, 0.29) is 15.9 Å². The first-order chi connectivity index (χ1) is 9.26. The third-order valence-electron chi connectivity index (χ3n) is 3.63. The fourth-order valence-corrected chi connectivity index (χ4v) is 2.75. The number of carbonyl (C=O) groups excluding carboxylic acids is 2. The van der Waals surface area contributed by atoms with E-state index in [1.165, 1.54) is 17.0 Å². The predicted octanol–water partition coefficient (Wildman–Crippen LogP) is 2.28. The molecule has 2 rings (SSSR count). The predicted molar refractivity (Wildman–Crippen MR) is 76.9 cm³/mol. The van der Waals surface area contributed by atoms with Gasteiger partial charge in [0.25, 0.3) is 5.91 Å². The van der Waals surface area contributed by atoms with Crippen molar-refractivity contribution in [2.24, 2.45) is 0 Å². The van der Waals surface area contributed by atoms with Crippen LogP contribution in [0.3, 0.4) is 0 Å². The van der Waals surface area contributed by atoms with Crippen LogP contribution in [0.25, 0.3) is 0 Å². The fourth-order valence-electron chi connectivity index (χ4n) is 2.38. The summed E-state index contributed by atoms with van der Waals surface area (Å²) in [7, 11) is 1.70. The lowest BCUT2D eigenvalue weighted by Gasteiger charge is -2.44. The largest absolute Gasteiger partial charge is 0.342 e. The number of hydrogen-bond donors (Lipinski definition) is 0. The van der Waals surface area contributed by atoms with E-state index in [1.54, 1.807) is 31.9 Å². The fraction of sp³-hybridized carbons (Fsp3) is 0.429. The van der Waals surface area contributed by atoms with E-state index in [0.29, 0.717) is 13.1 Å². The van der Waals surface area contributed by atoms with Crippen LogP contribution in [0.5, 0.6) is 0 Å². The maximum Gasteiger partial charge on any atom is 0.257 e. The van der Waals surface area contributed by atoms with Crippen molar-refractivity contribution in [3.63, 3.8) is 0 Å². The molecule has 108 valence electrons. The van der Waals surface area contributed by atoms with Gasteiger partial charge in [0, 0.05) is 20.1 Å². The lowest BCUT2D eigenvalue weighted by atomic mass is 9.96. The minimum atomic E-state index is -0.973. The van der Waals surface area contributed by atoms with Crippen molar-refractivity contribution in [2.45, 2.75) is 19.4 Å². The smallest absolute Gasteiger partial charge is 0.257 e. The highest BCUT2D eigenvalue weighted by atomic mass is 79.9. The molecule has 0 aliphatic carbocycles. The van der Waals surface area contributed by atoms with Crippen molar-refractivity contribution in [2.75, 3.05) is 20.1 Å². The highest BCUT2D eigenvalue weighted by molar-refractivity contribution is 9.10. The van der Waals surface area contributed by atoms with Gasteiger partial charge in [0.1, 0.15) is 11.4 Å². The van der Waals surface area contributed by atoms with Crippen molar-refractivity contribution in [1.29, 1.82) is 0 Å². The summed E-state index contributed by atoms with van der Waals surface area (Å²) in [4.78, 5) is 27.7. The Kier molecular flexibility index (Phi) is 3.86. The molecule has 0 spiro atoms. The van der Waals surface area contributed by atoms with E-state index in [1.807, 2.05) is 0 Å². The van der Waals surface area contributed by atoms with Crippen molar-refractivity contribution in [1.82, 2.24) is 9.80 Å². The standard InChI is InChI=1S/C14H16BrFN2O2/c1-14(2)13(20)17(3)7-8-18(14)12(19)9-5-4-6-10(15)11(9)16/h4-6H,7-8H2,1-3H3. The van der Waals surface area contributed by atoms with Crippen LogP contribution in [0.1, 0.15) is 24.2 Å². The van der Waals surface area contributed by atoms with Gasteiger partial charge in [-0.3, -0.25) is 9.59 Å². The molecule has 6 heteroatoms. The molecular formula is C14H16BrFN2O2. The molecule has 0 N–H and O–H groups in total. The van der Waals surface area contributed by atoms with Gasteiger partial charge in [-0.15, -0.1) is 0 Å². The molecule has 1 aliphatic rings. The van der Waals surface area contributed by atoms with Crippen LogP contribution in [-0.4, -0.2) is 47.3 Å². The first-order valence-electron chi connectivity index (χ1n) is 6.28. The Bertz CT molecular complexity index is 574. The number of benzene rings is 1. The molecule has 0 radical (unpaired) electrons. The Morgan fingerprint density at radius 3 is 2.65 bits per heavy atom. The zero-order chi connectivity index (χ0) is 15.1. The Morgan fingerprint density at radius 2 is 2.00 bits per heavy atom. The quantitative estimate of drug-likeness (QED) is 0.785. The molecule has 1 aromatic rings. The molecule has 0 unspecified atom stereocenters. The second kappa shape index (κ2) is 5.16. The average molecular weight is 343 g/mol. The lowest BCUT2D eigenvalue weighted by Crippen LogP contribution is -2.63. The molecule has 0 atom stereocenters. The molecule has 2 amide bonds. The Hall–Kier alpha value is -1.43. The molecule has 0 aromatic heterocycles. The summed E-state index contributed by atoms with van der Waals surface area (Å²) < 4.78 is 14.3. The first kappa shape index (κ1) is 15.0. The van der Waals surface area contributed by atoms with E-state index >= 15 is 0 Å². The molecule has 0 saturated carbocycles. The zero-order valence-corrected chi connectivity index (χ0v) is 13.2. The van der Waals surface area contributed by atoms with Gasteiger partial charge in [-0.2, -0.15) is 0 Å². The van der Waals surface area contributed by atoms with Gasteiger partial charge in [0.15, 0.2) is 0 Å². The Morgan fingerprint density at radius 1 is 1.35 bits per heavy atom. The second-order valence-corrected chi connectivity index (χ2v) is 6.20. The van der Waals surface area contributed by atoms with Crippen molar-refractivity contribution >= 4 is 27.7 Å². The van der Waals surface area contributed by atoms with Crippen LogP contribution >= 0.6 is 15.9 Å². The molecule has 0 bridgehead atoms. The van der Waals surface area contributed by atoms with Crippen molar-refractivity contribution in [3.05, 3.63) is 34.1 Å². The maximum absolute atomic E-state index is 14.0. The van der Waals surface area contributed by atoms with Crippen LogP contribution in [0.2, 0.25) is 0 Å². The number of piperazine rings is 1. The van der Waals surface area contributed by atoms with Crippen LogP contribution in [-0.2, 0) is 4.79 Å². The number of nitrogens with zero attached hydrogens (tertiary/aromatic N) is 2. The summed E-state index contributed by atoms with van der Waals surface area (Å²) >= 11 is 3.07. The van der Waals surface area contributed by atoms with E-state index in [9.17, 15) is 14.0 Å². The third kappa shape index (κ3) is 2.32. The normalized spacial score (nSPS) is 18.4. The van der Waals surface area contributed by atoms with Crippen LogP contribution in [0, 0.1) is 5.82 Å². The van der Waals surface area contributed by atoms with Crippen LogP contribution in [0.4, 0.5) is 4.39 Å². The van der Waals surface area contributed by atoms with Crippen LogP contribution < -0.4 is 0 Å². The second-order valence-electron chi connectivity index (χ2n) is 5.34.